The molecule has 0 spiro atoms. The van der Waals surface area contributed by atoms with E-state index in [0.717, 1.165) is 0 Å². The van der Waals surface area contributed by atoms with E-state index in [1.54, 1.807) is 0 Å². The van der Waals surface area contributed by atoms with Gasteiger partial charge in [-0.15, -0.1) is 0 Å². The number of carboxylic acid groups (broad SMARTS) is 1. The highest BCUT2D eigenvalue weighted by Gasteiger charge is 2.28. The molecule has 12 heteroatoms. The number of thiol groups is 1. The molecule has 0 aliphatic heterocycles. The van der Waals surface area contributed by atoms with Crippen LogP contribution in [-0.2, 0) is 24.0 Å². The van der Waals surface area contributed by atoms with Gasteiger partial charge >= 0.3 is 5.97 Å². The first-order valence-electron chi connectivity index (χ1n) is 6.35. The maximum atomic E-state index is 12.0. The predicted molar refractivity (Wildman–Crippen MR) is 80.9 cm³/mol. The molecule has 0 saturated carbocycles. The van der Waals surface area contributed by atoms with E-state index >= 15 is 0 Å². The fourth-order valence-corrected chi connectivity index (χ4v) is 1.70. The van der Waals surface area contributed by atoms with Crippen LogP contribution in [0.1, 0.15) is 12.8 Å². The summed E-state index contributed by atoms with van der Waals surface area (Å²) in [5, 5.41) is 13.0. The van der Waals surface area contributed by atoms with Crippen LogP contribution >= 0.6 is 12.6 Å². The Bertz CT molecular complexity index is 499. The second-order valence-corrected chi connectivity index (χ2v) is 4.96. The van der Waals surface area contributed by atoms with Gasteiger partial charge in [-0.3, -0.25) is 19.2 Å². The van der Waals surface area contributed by atoms with Gasteiger partial charge in [0, 0.05) is 5.75 Å². The summed E-state index contributed by atoms with van der Waals surface area (Å²) >= 11 is 3.76. The largest absolute Gasteiger partial charge is 0.480 e. The molecule has 0 heterocycles. The number of rotatable bonds is 10. The minimum atomic E-state index is -1.44. The van der Waals surface area contributed by atoms with Gasteiger partial charge in [-0.1, -0.05) is 0 Å². The first-order chi connectivity index (χ1) is 10.6. The number of nitrogens with two attached hydrogens (primary N) is 3. The molecule has 0 bridgehead atoms. The molecule has 0 aromatic rings. The number of aliphatic carboxylic acids is 1. The van der Waals surface area contributed by atoms with Gasteiger partial charge in [0.05, 0.1) is 18.9 Å². The fraction of sp³-hybridized carbons (Fsp3) is 0.545. The fourth-order valence-electron chi connectivity index (χ4n) is 1.46. The molecule has 130 valence electrons. The normalized spacial score (nSPS) is 14.2. The first kappa shape index (κ1) is 20.7. The van der Waals surface area contributed by atoms with Gasteiger partial charge in [0.15, 0.2) is 0 Å². The molecular formula is C11H19N5O6S. The van der Waals surface area contributed by atoms with Gasteiger partial charge in [-0.2, -0.15) is 12.6 Å². The monoisotopic (exact) mass is 349 g/mol. The highest BCUT2D eigenvalue weighted by molar-refractivity contribution is 7.80. The Morgan fingerprint density at radius 2 is 1.39 bits per heavy atom. The lowest BCUT2D eigenvalue weighted by atomic mass is 10.1. The molecule has 9 N–H and O–H groups in total. The summed E-state index contributed by atoms with van der Waals surface area (Å²) in [5.74, 6) is -5.16. The number of hydrogen-bond acceptors (Lipinski definition) is 7. The average Bonchev–Trinajstić information content (AvgIpc) is 2.41. The Kier molecular flexibility index (Phi) is 8.65. The molecule has 0 aromatic carbocycles. The van der Waals surface area contributed by atoms with E-state index in [1.807, 2.05) is 0 Å². The van der Waals surface area contributed by atoms with Crippen molar-refractivity contribution in [2.75, 3.05) is 5.75 Å². The maximum absolute atomic E-state index is 12.0. The van der Waals surface area contributed by atoms with E-state index in [-0.39, 0.29) is 5.75 Å². The van der Waals surface area contributed by atoms with Crippen molar-refractivity contribution < 1.29 is 29.1 Å². The summed E-state index contributed by atoms with van der Waals surface area (Å²) in [7, 11) is 0. The molecule has 0 saturated heterocycles. The lowest BCUT2D eigenvalue weighted by Gasteiger charge is -2.21. The number of nitrogens with one attached hydrogen (secondary N) is 2. The Labute approximate surface area is 136 Å². The van der Waals surface area contributed by atoms with Gasteiger partial charge in [0.2, 0.25) is 23.6 Å². The summed E-state index contributed by atoms with van der Waals surface area (Å²) < 4.78 is 0. The minimum Gasteiger partial charge on any atom is -0.480 e. The molecule has 0 aromatic heterocycles. The number of carbonyl (C=O) groups is 5. The van der Waals surface area contributed by atoms with Crippen molar-refractivity contribution in [1.29, 1.82) is 0 Å². The summed E-state index contributed by atoms with van der Waals surface area (Å²) in [6, 6.07) is -4.09. The second kappa shape index (κ2) is 9.63. The van der Waals surface area contributed by atoms with Crippen LogP contribution in [0.5, 0.6) is 0 Å². The second-order valence-electron chi connectivity index (χ2n) is 4.59. The standard InChI is InChI=1S/C11H19N5O6S/c12-4(1-7(13)17)9(19)15-5(2-8(14)18)10(20)16-6(3-23)11(21)22/h4-6,23H,1-3,12H2,(H2,13,17)(H2,14,18)(H,15,19)(H,16,20)(H,21,22). The Morgan fingerprint density at radius 3 is 1.78 bits per heavy atom. The lowest BCUT2D eigenvalue weighted by molar-refractivity contribution is -0.141. The van der Waals surface area contributed by atoms with Crippen LogP contribution in [0.15, 0.2) is 0 Å². The van der Waals surface area contributed by atoms with Gasteiger partial charge in [-0.25, -0.2) is 4.79 Å². The van der Waals surface area contributed by atoms with Crippen molar-refractivity contribution in [3.8, 4) is 0 Å². The topological polar surface area (TPSA) is 208 Å². The molecule has 0 aliphatic carbocycles. The van der Waals surface area contributed by atoms with Crippen molar-refractivity contribution in [2.45, 2.75) is 31.0 Å². The third-order valence-corrected chi connectivity index (χ3v) is 2.96. The van der Waals surface area contributed by atoms with Gasteiger partial charge in [0.25, 0.3) is 0 Å². The molecular weight excluding hydrogens is 330 g/mol. The van der Waals surface area contributed by atoms with Crippen molar-refractivity contribution in [3.05, 3.63) is 0 Å². The van der Waals surface area contributed by atoms with E-state index in [0.29, 0.717) is 0 Å². The van der Waals surface area contributed by atoms with E-state index in [1.165, 1.54) is 0 Å². The zero-order valence-corrected chi connectivity index (χ0v) is 12.9. The molecule has 0 radical (unpaired) electrons. The van der Waals surface area contributed by atoms with Gasteiger partial charge < -0.3 is 32.9 Å². The molecule has 4 amide bonds. The van der Waals surface area contributed by atoms with Crippen molar-refractivity contribution >= 4 is 42.2 Å². The molecule has 0 aliphatic rings. The Balaban J connectivity index is 4.96. The predicted octanol–water partition coefficient (Wildman–Crippen LogP) is -3.95. The zero-order valence-electron chi connectivity index (χ0n) is 12.0. The number of amides is 4. The first-order valence-corrected chi connectivity index (χ1v) is 6.98. The average molecular weight is 349 g/mol. The van der Waals surface area contributed by atoms with Crippen LogP contribution in [0.3, 0.4) is 0 Å². The number of carbonyl (C=O) groups excluding carboxylic acids is 4. The SMILES string of the molecule is NC(=O)CC(N)C(=O)NC(CC(N)=O)C(=O)NC(CS)C(=O)O. The van der Waals surface area contributed by atoms with E-state index in [2.05, 4.69) is 23.3 Å². The van der Waals surface area contributed by atoms with Crippen molar-refractivity contribution in [1.82, 2.24) is 10.6 Å². The van der Waals surface area contributed by atoms with Gasteiger partial charge in [-0.05, 0) is 0 Å². The quantitative estimate of drug-likeness (QED) is 0.194. The highest BCUT2D eigenvalue weighted by atomic mass is 32.1. The van der Waals surface area contributed by atoms with Crippen molar-refractivity contribution in [2.24, 2.45) is 17.2 Å². The third-order valence-electron chi connectivity index (χ3n) is 2.59. The van der Waals surface area contributed by atoms with Crippen LogP contribution in [0, 0.1) is 0 Å². The minimum absolute atomic E-state index is 0.209. The van der Waals surface area contributed by atoms with Crippen LogP contribution in [0.4, 0.5) is 0 Å². The molecule has 3 atom stereocenters. The summed E-state index contributed by atoms with van der Waals surface area (Å²) in [5.41, 5.74) is 15.3. The van der Waals surface area contributed by atoms with E-state index in [4.69, 9.17) is 22.3 Å². The molecule has 23 heavy (non-hydrogen) atoms. The smallest absolute Gasteiger partial charge is 0.327 e. The molecule has 0 fully saturated rings. The van der Waals surface area contributed by atoms with Crippen LogP contribution < -0.4 is 27.8 Å². The van der Waals surface area contributed by atoms with Crippen LogP contribution in [-0.4, -0.2) is 58.6 Å². The lowest BCUT2D eigenvalue weighted by Crippen LogP contribution is -2.56. The molecule has 3 unspecified atom stereocenters. The Hall–Kier alpha value is -2.34. The Morgan fingerprint density at radius 1 is 0.913 bits per heavy atom. The van der Waals surface area contributed by atoms with E-state index in [9.17, 15) is 24.0 Å². The van der Waals surface area contributed by atoms with Crippen molar-refractivity contribution in [3.63, 3.8) is 0 Å². The summed E-state index contributed by atoms with van der Waals surface area (Å²) in [6.45, 7) is 0. The third kappa shape index (κ3) is 8.01. The van der Waals surface area contributed by atoms with E-state index < -0.39 is 60.6 Å². The van der Waals surface area contributed by atoms with Crippen LogP contribution in [0.25, 0.3) is 0 Å². The maximum Gasteiger partial charge on any atom is 0.327 e. The van der Waals surface area contributed by atoms with Crippen LogP contribution in [0.2, 0.25) is 0 Å². The van der Waals surface area contributed by atoms with Gasteiger partial charge in [0.1, 0.15) is 12.1 Å². The zero-order chi connectivity index (χ0) is 18.2. The summed E-state index contributed by atoms with van der Waals surface area (Å²) in [4.78, 5) is 56.3. The number of hydrogen-bond donors (Lipinski definition) is 7. The molecule has 11 nitrogen and oxygen atoms in total. The number of primary amides is 2. The highest BCUT2D eigenvalue weighted by Crippen LogP contribution is 1.98. The molecule has 0 rings (SSSR count). The summed E-state index contributed by atoms with van der Waals surface area (Å²) in [6.07, 6.45) is -1.05. The number of carboxylic acids is 1.